The molecule has 0 amide bonds. The topological polar surface area (TPSA) is 66.6 Å². The molecule has 0 radical (unpaired) electrons. The number of nitrogens with two attached hydrogens (primary N) is 1. The van der Waals surface area contributed by atoms with Gasteiger partial charge < -0.3 is 19.9 Å². The molecule has 1 aromatic heterocycles. The molecule has 4 rings (SSSR count). The molecule has 1 aliphatic carbocycles. The number of ether oxygens (including phenoxy) is 3. The molecule has 2 atom stereocenters. The lowest BCUT2D eigenvalue weighted by Gasteiger charge is -2.20. The number of benzene rings is 1. The second kappa shape index (κ2) is 5.07. The van der Waals surface area contributed by atoms with Gasteiger partial charge in [-0.1, -0.05) is 0 Å². The van der Waals surface area contributed by atoms with E-state index in [0.29, 0.717) is 18.3 Å². The molecule has 2 heterocycles. The Balaban J connectivity index is 1.71. The fraction of sp³-hybridized carbons (Fsp3) is 0.438. The highest BCUT2D eigenvalue weighted by molar-refractivity contribution is 5.90. The van der Waals surface area contributed by atoms with E-state index in [2.05, 4.69) is 4.98 Å². The van der Waals surface area contributed by atoms with Crippen LogP contribution in [-0.2, 0) is 0 Å². The summed E-state index contributed by atoms with van der Waals surface area (Å²) in [6.07, 6.45) is 5.29. The Kier molecular flexibility index (Phi) is 3.07. The molecular weight excluding hydrogens is 268 g/mol. The van der Waals surface area contributed by atoms with Crippen LogP contribution in [0.3, 0.4) is 0 Å². The monoisotopic (exact) mass is 286 g/mol. The first-order chi connectivity index (χ1) is 10.3. The minimum absolute atomic E-state index is 0.165. The van der Waals surface area contributed by atoms with Crippen molar-refractivity contribution in [2.45, 2.75) is 25.4 Å². The van der Waals surface area contributed by atoms with Crippen LogP contribution in [0.4, 0.5) is 0 Å². The van der Waals surface area contributed by atoms with Gasteiger partial charge >= 0.3 is 0 Å². The summed E-state index contributed by atoms with van der Waals surface area (Å²) in [5.41, 5.74) is 5.83. The van der Waals surface area contributed by atoms with E-state index in [1.165, 1.54) is 6.42 Å². The third-order valence-electron chi connectivity index (χ3n) is 4.38. The first kappa shape index (κ1) is 12.7. The molecule has 21 heavy (non-hydrogen) atoms. The molecule has 5 nitrogen and oxygen atoms in total. The lowest BCUT2D eigenvalue weighted by atomic mass is 10.1. The van der Waals surface area contributed by atoms with Crippen molar-refractivity contribution in [2.24, 2.45) is 11.7 Å². The number of hydrogen-bond donors (Lipinski definition) is 1. The third-order valence-corrected chi connectivity index (χ3v) is 4.38. The summed E-state index contributed by atoms with van der Waals surface area (Å²) in [5.74, 6) is 2.62. The maximum Gasteiger partial charge on any atom is 0.231 e. The van der Waals surface area contributed by atoms with Gasteiger partial charge in [-0.15, -0.1) is 0 Å². The van der Waals surface area contributed by atoms with Gasteiger partial charge in [0.1, 0.15) is 6.10 Å². The Labute approximate surface area is 123 Å². The number of nitrogens with zero attached hydrogens (tertiary/aromatic N) is 1. The predicted octanol–water partition coefficient (Wildman–Crippen LogP) is 2.47. The highest BCUT2D eigenvalue weighted by Crippen LogP contribution is 2.39. The van der Waals surface area contributed by atoms with Gasteiger partial charge in [-0.25, -0.2) is 4.98 Å². The maximum atomic E-state index is 6.16. The van der Waals surface area contributed by atoms with Crippen LogP contribution in [-0.4, -0.2) is 24.4 Å². The van der Waals surface area contributed by atoms with Crippen LogP contribution in [0, 0.1) is 5.92 Å². The summed E-state index contributed by atoms with van der Waals surface area (Å²) in [6, 6.07) is 5.88. The smallest absolute Gasteiger partial charge is 0.231 e. The average molecular weight is 286 g/mol. The molecule has 1 aliphatic heterocycles. The normalized spacial score (nSPS) is 23.7. The van der Waals surface area contributed by atoms with E-state index in [0.717, 1.165) is 35.1 Å². The molecule has 5 heteroatoms. The summed E-state index contributed by atoms with van der Waals surface area (Å²) in [6.45, 7) is 0.939. The number of hydrogen-bond acceptors (Lipinski definition) is 5. The van der Waals surface area contributed by atoms with E-state index in [1.807, 2.05) is 18.2 Å². The maximum absolute atomic E-state index is 6.16. The first-order valence-corrected chi connectivity index (χ1v) is 7.40. The van der Waals surface area contributed by atoms with Gasteiger partial charge in [0.05, 0.1) is 0 Å². The van der Waals surface area contributed by atoms with Gasteiger partial charge in [-0.2, -0.15) is 0 Å². The number of aromatic nitrogens is 1. The van der Waals surface area contributed by atoms with Crippen LogP contribution >= 0.6 is 0 Å². The van der Waals surface area contributed by atoms with Crippen molar-refractivity contribution in [1.82, 2.24) is 4.98 Å². The second-order valence-electron chi connectivity index (χ2n) is 5.63. The van der Waals surface area contributed by atoms with Crippen LogP contribution in [0.15, 0.2) is 24.4 Å². The molecule has 0 spiro atoms. The second-order valence-corrected chi connectivity index (χ2v) is 5.63. The largest absolute Gasteiger partial charge is 0.474 e. The number of pyridine rings is 1. The standard InChI is InChI=1S/C16H18N2O3/c17-8-11-2-1-3-13(11)21-16-12-7-15-14(19-9-20-15)6-10(12)4-5-18-16/h4-7,11,13H,1-3,8-9,17H2. The molecule has 0 bridgehead atoms. The van der Waals surface area contributed by atoms with Crippen molar-refractivity contribution < 1.29 is 14.2 Å². The Morgan fingerprint density at radius 2 is 2.10 bits per heavy atom. The van der Waals surface area contributed by atoms with Crippen molar-refractivity contribution in [3.8, 4) is 17.4 Å². The molecule has 2 N–H and O–H groups in total. The summed E-state index contributed by atoms with van der Waals surface area (Å²) >= 11 is 0. The number of rotatable bonds is 3. The molecule has 1 fully saturated rings. The zero-order valence-corrected chi connectivity index (χ0v) is 11.7. The minimum atomic E-state index is 0.165. The fourth-order valence-electron chi connectivity index (χ4n) is 3.20. The molecule has 0 saturated heterocycles. The van der Waals surface area contributed by atoms with Crippen LogP contribution in [0.25, 0.3) is 10.8 Å². The summed E-state index contributed by atoms with van der Waals surface area (Å²) < 4.78 is 17.0. The van der Waals surface area contributed by atoms with E-state index < -0.39 is 0 Å². The lowest BCUT2D eigenvalue weighted by molar-refractivity contribution is 0.158. The summed E-state index contributed by atoms with van der Waals surface area (Å²) in [5, 5.41) is 2.01. The van der Waals surface area contributed by atoms with Crippen molar-refractivity contribution >= 4 is 10.8 Å². The third kappa shape index (κ3) is 2.17. The van der Waals surface area contributed by atoms with Crippen molar-refractivity contribution in [2.75, 3.05) is 13.3 Å². The molecule has 2 unspecified atom stereocenters. The summed E-state index contributed by atoms with van der Waals surface area (Å²) in [4.78, 5) is 4.41. The van der Waals surface area contributed by atoms with Crippen molar-refractivity contribution in [3.05, 3.63) is 24.4 Å². The lowest BCUT2D eigenvalue weighted by Crippen LogP contribution is -2.28. The van der Waals surface area contributed by atoms with Crippen LogP contribution in [0.5, 0.6) is 17.4 Å². The number of fused-ring (bicyclic) bond motifs is 2. The minimum Gasteiger partial charge on any atom is -0.474 e. The summed E-state index contributed by atoms with van der Waals surface area (Å²) in [7, 11) is 0. The van der Waals surface area contributed by atoms with Crippen LogP contribution in [0.1, 0.15) is 19.3 Å². The van der Waals surface area contributed by atoms with E-state index in [1.54, 1.807) is 6.20 Å². The van der Waals surface area contributed by atoms with Crippen LogP contribution in [0.2, 0.25) is 0 Å². The first-order valence-electron chi connectivity index (χ1n) is 7.40. The molecule has 2 aromatic rings. The van der Waals surface area contributed by atoms with Crippen molar-refractivity contribution in [1.29, 1.82) is 0 Å². The predicted molar refractivity (Wildman–Crippen MR) is 78.7 cm³/mol. The Bertz CT molecular complexity index is 674. The highest BCUT2D eigenvalue weighted by atomic mass is 16.7. The van der Waals surface area contributed by atoms with Gasteiger partial charge in [0.2, 0.25) is 12.7 Å². The van der Waals surface area contributed by atoms with E-state index >= 15 is 0 Å². The molecule has 110 valence electrons. The van der Waals surface area contributed by atoms with Gasteiger partial charge in [0.15, 0.2) is 11.5 Å². The van der Waals surface area contributed by atoms with Gasteiger partial charge in [0.25, 0.3) is 0 Å². The van der Waals surface area contributed by atoms with Crippen LogP contribution < -0.4 is 19.9 Å². The van der Waals surface area contributed by atoms with E-state index in [9.17, 15) is 0 Å². The highest BCUT2D eigenvalue weighted by Gasteiger charge is 2.28. The zero-order valence-electron chi connectivity index (χ0n) is 11.7. The molecule has 1 aromatic carbocycles. The average Bonchev–Trinajstić information content (AvgIpc) is 3.13. The Morgan fingerprint density at radius 3 is 2.95 bits per heavy atom. The molecule has 2 aliphatic rings. The fourth-order valence-corrected chi connectivity index (χ4v) is 3.20. The van der Waals surface area contributed by atoms with Crippen molar-refractivity contribution in [3.63, 3.8) is 0 Å². The SMILES string of the molecule is NCC1CCCC1Oc1nccc2cc3c(cc12)OCO3. The van der Waals surface area contributed by atoms with Gasteiger partial charge in [-0.05, 0) is 49.4 Å². The van der Waals surface area contributed by atoms with Gasteiger partial charge in [-0.3, -0.25) is 0 Å². The Morgan fingerprint density at radius 1 is 1.24 bits per heavy atom. The molecular formula is C16H18N2O3. The molecule has 1 saturated carbocycles. The zero-order chi connectivity index (χ0) is 14.2. The Hall–Kier alpha value is -2.01. The van der Waals surface area contributed by atoms with Gasteiger partial charge in [0, 0.05) is 17.5 Å². The van der Waals surface area contributed by atoms with E-state index in [-0.39, 0.29) is 12.9 Å². The van der Waals surface area contributed by atoms with E-state index in [4.69, 9.17) is 19.9 Å². The quantitative estimate of drug-likeness (QED) is 0.939.